The molecule has 2 heteroatoms. The van der Waals surface area contributed by atoms with E-state index in [1.54, 1.807) is 0 Å². The van der Waals surface area contributed by atoms with Gasteiger partial charge in [0.05, 0.1) is 12.7 Å². The molecule has 0 radical (unpaired) electrons. The molecule has 0 heterocycles. The summed E-state index contributed by atoms with van der Waals surface area (Å²) in [5.74, 6) is 1.68. The van der Waals surface area contributed by atoms with Gasteiger partial charge in [-0.2, -0.15) is 0 Å². The lowest BCUT2D eigenvalue weighted by atomic mass is 9.87. The van der Waals surface area contributed by atoms with E-state index in [9.17, 15) is 0 Å². The topological polar surface area (TPSA) is 18.5 Å². The zero-order valence-corrected chi connectivity index (χ0v) is 34.2. The normalized spacial score (nSPS) is 14.0. The molecule has 2 aromatic carbocycles. The number of hydrogen-bond acceptors (Lipinski definition) is 2. The van der Waals surface area contributed by atoms with Gasteiger partial charge in [0.15, 0.2) is 0 Å². The summed E-state index contributed by atoms with van der Waals surface area (Å²) in [6.07, 6.45) is 36.8. The van der Waals surface area contributed by atoms with Crippen LogP contribution in [0.5, 0.6) is 5.75 Å². The van der Waals surface area contributed by atoms with Crippen LogP contribution in [0.15, 0.2) is 67.3 Å². The predicted molar refractivity (Wildman–Crippen MR) is 229 cm³/mol. The van der Waals surface area contributed by atoms with Gasteiger partial charge in [0.2, 0.25) is 0 Å². The Morgan fingerprint density at radius 1 is 0.615 bits per heavy atom. The number of unbranched alkanes of at least 4 members (excludes halogenated alkanes) is 13. The molecule has 1 saturated carbocycles. The Hall–Kier alpha value is -2.32. The van der Waals surface area contributed by atoms with Crippen molar-refractivity contribution < 1.29 is 9.47 Å². The first-order valence-corrected chi connectivity index (χ1v) is 22.3. The molecule has 2 aromatic rings. The highest BCUT2D eigenvalue weighted by atomic mass is 16.5. The van der Waals surface area contributed by atoms with Gasteiger partial charge in [-0.3, -0.25) is 0 Å². The van der Waals surface area contributed by atoms with Crippen molar-refractivity contribution in [3.63, 3.8) is 0 Å². The van der Waals surface area contributed by atoms with E-state index < -0.39 is 0 Å². The highest BCUT2D eigenvalue weighted by Crippen LogP contribution is 2.28. The number of benzene rings is 2. The third kappa shape index (κ3) is 20.8. The Bertz CT molecular complexity index is 1160. The lowest BCUT2D eigenvalue weighted by molar-refractivity contribution is 0.0262. The van der Waals surface area contributed by atoms with E-state index in [-0.39, 0.29) is 0 Å². The van der Waals surface area contributed by atoms with Crippen LogP contribution in [-0.2, 0) is 17.6 Å². The second-order valence-corrected chi connectivity index (χ2v) is 16.2. The van der Waals surface area contributed by atoms with E-state index in [0.29, 0.717) is 12.0 Å². The van der Waals surface area contributed by atoms with Crippen LogP contribution in [0, 0.1) is 5.92 Å². The molecule has 1 unspecified atom stereocenters. The third-order valence-corrected chi connectivity index (χ3v) is 11.6. The molecular formula is C50H80O2. The molecule has 3 rings (SSSR count). The standard InChI is InChI=1S/C50H80O2/c1-5-25-47(31-30-46-34-38-50(39-35-46)52-41-24-17-16-23-40-51-49-28-21-18-22-29-49)42-44(4)48-36-32-45(33-37-48)27-20-15-13-11-9-7-8-10-12-14-19-26-43(3)6-2/h32-39,47,49H,3-31,40-42H2,1-2H3. The van der Waals surface area contributed by atoms with Gasteiger partial charge in [0.25, 0.3) is 0 Å². The minimum Gasteiger partial charge on any atom is -0.494 e. The van der Waals surface area contributed by atoms with E-state index >= 15 is 0 Å². The molecule has 0 spiro atoms. The van der Waals surface area contributed by atoms with Crippen LogP contribution in [0.1, 0.15) is 197 Å². The van der Waals surface area contributed by atoms with E-state index in [1.165, 1.54) is 182 Å². The minimum atomic E-state index is 0.539. The van der Waals surface area contributed by atoms with Gasteiger partial charge in [-0.15, -0.1) is 0 Å². The van der Waals surface area contributed by atoms with Crippen molar-refractivity contribution in [3.8, 4) is 5.75 Å². The molecule has 1 atom stereocenters. The molecule has 0 amide bonds. The van der Waals surface area contributed by atoms with E-state index in [4.69, 9.17) is 9.47 Å². The second-order valence-electron chi connectivity index (χ2n) is 16.2. The lowest BCUT2D eigenvalue weighted by Crippen LogP contribution is -2.17. The summed E-state index contributed by atoms with van der Waals surface area (Å²) in [6, 6.07) is 18.2. The van der Waals surface area contributed by atoms with Crippen LogP contribution in [0.4, 0.5) is 0 Å². The molecule has 52 heavy (non-hydrogen) atoms. The molecule has 0 aromatic heterocycles. The van der Waals surface area contributed by atoms with E-state index in [2.05, 4.69) is 75.5 Å². The maximum absolute atomic E-state index is 6.06. The van der Waals surface area contributed by atoms with Crippen LogP contribution in [0.25, 0.3) is 5.57 Å². The molecule has 1 fully saturated rings. The fourth-order valence-corrected chi connectivity index (χ4v) is 7.95. The summed E-state index contributed by atoms with van der Waals surface area (Å²) < 4.78 is 12.1. The first-order chi connectivity index (χ1) is 25.6. The first-order valence-electron chi connectivity index (χ1n) is 22.3. The number of rotatable bonds is 32. The van der Waals surface area contributed by atoms with Gasteiger partial charge in [-0.05, 0) is 124 Å². The molecule has 292 valence electrons. The Morgan fingerprint density at radius 2 is 1.17 bits per heavy atom. The smallest absolute Gasteiger partial charge is 0.119 e. The van der Waals surface area contributed by atoms with Crippen molar-refractivity contribution in [1.29, 1.82) is 0 Å². The number of allylic oxidation sites excluding steroid dienone is 2. The van der Waals surface area contributed by atoms with Gasteiger partial charge in [-0.25, -0.2) is 0 Å². The maximum Gasteiger partial charge on any atom is 0.119 e. The quantitative estimate of drug-likeness (QED) is 0.0555. The zero-order chi connectivity index (χ0) is 36.9. The zero-order valence-electron chi connectivity index (χ0n) is 34.2. The van der Waals surface area contributed by atoms with Crippen molar-refractivity contribution in [3.05, 3.63) is 84.0 Å². The number of ether oxygens (including phenoxy) is 2. The van der Waals surface area contributed by atoms with Crippen molar-refractivity contribution >= 4 is 5.57 Å². The molecule has 2 nitrogen and oxygen atoms in total. The summed E-state index contributed by atoms with van der Waals surface area (Å²) >= 11 is 0. The monoisotopic (exact) mass is 713 g/mol. The fourth-order valence-electron chi connectivity index (χ4n) is 7.95. The van der Waals surface area contributed by atoms with Gasteiger partial charge < -0.3 is 9.47 Å². The summed E-state index contributed by atoms with van der Waals surface area (Å²) in [5.41, 5.74) is 6.94. The van der Waals surface area contributed by atoms with Crippen molar-refractivity contribution in [2.45, 2.75) is 200 Å². The summed E-state index contributed by atoms with van der Waals surface area (Å²) in [7, 11) is 0. The fraction of sp³-hybridized carbons (Fsp3) is 0.680. The van der Waals surface area contributed by atoms with Crippen molar-refractivity contribution in [1.82, 2.24) is 0 Å². The summed E-state index contributed by atoms with van der Waals surface area (Å²) in [6.45, 7) is 14.9. The first kappa shape index (κ1) is 44.1. The van der Waals surface area contributed by atoms with Crippen LogP contribution < -0.4 is 4.74 Å². The Labute approximate surface area is 322 Å². The Balaban J connectivity index is 1.20. The van der Waals surface area contributed by atoms with Crippen LogP contribution in [0.2, 0.25) is 0 Å². The molecule has 0 bridgehead atoms. The largest absolute Gasteiger partial charge is 0.494 e. The second kappa shape index (κ2) is 29.1. The third-order valence-electron chi connectivity index (χ3n) is 11.6. The van der Waals surface area contributed by atoms with Crippen molar-refractivity contribution in [2.75, 3.05) is 13.2 Å². The molecular weight excluding hydrogens is 633 g/mol. The molecule has 0 N–H and O–H groups in total. The SMILES string of the molecule is C=C(CC)CCCCCCCCCCCCCc1ccc(C(=C)CC(CCC)CCc2ccc(OCCCCCCOC3CCCCC3)cc2)cc1. The number of hydrogen-bond donors (Lipinski definition) is 0. The van der Waals surface area contributed by atoms with Gasteiger partial charge in [-0.1, -0.05) is 165 Å². The van der Waals surface area contributed by atoms with Crippen LogP contribution in [-0.4, -0.2) is 19.3 Å². The summed E-state index contributed by atoms with van der Waals surface area (Å²) in [5, 5.41) is 0. The van der Waals surface area contributed by atoms with Crippen LogP contribution in [0.3, 0.4) is 0 Å². The van der Waals surface area contributed by atoms with Gasteiger partial charge in [0, 0.05) is 6.61 Å². The molecule has 1 aliphatic rings. The van der Waals surface area contributed by atoms with E-state index in [0.717, 1.165) is 44.6 Å². The maximum atomic E-state index is 6.06. The predicted octanol–water partition coefficient (Wildman–Crippen LogP) is 15.6. The lowest BCUT2D eigenvalue weighted by Gasteiger charge is -2.21. The van der Waals surface area contributed by atoms with Gasteiger partial charge in [0.1, 0.15) is 5.75 Å². The highest BCUT2D eigenvalue weighted by Gasteiger charge is 2.14. The van der Waals surface area contributed by atoms with Crippen LogP contribution >= 0.6 is 0 Å². The molecule has 0 aliphatic heterocycles. The number of aryl methyl sites for hydroxylation is 2. The highest BCUT2D eigenvalue weighted by molar-refractivity contribution is 5.63. The molecule has 0 saturated heterocycles. The summed E-state index contributed by atoms with van der Waals surface area (Å²) in [4.78, 5) is 0. The average Bonchev–Trinajstić information content (AvgIpc) is 3.17. The van der Waals surface area contributed by atoms with E-state index in [1.807, 2.05) is 0 Å². The minimum absolute atomic E-state index is 0.539. The Morgan fingerprint density at radius 3 is 1.81 bits per heavy atom. The molecule has 1 aliphatic carbocycles. The van der Waals surface area contributed by atoms with Gasteiger partial charge >= 0.3 is 0 Å². The Kier molecular flexibility index (Phi) is 24.7. The van der Waals surface area contributed by atoms with Crippen molar-refractivity contribution in [2.24, 2.45) is 5.92 Å². The average molecular weight is 713 g/mol.